The smallest absolute Gasteiger partial charge is 0.408 e. The van der Waals surface area contributed by atoms with Gasteiger partial charge in [-0.3, -0.25) is 9.59 Å². The number of aromatic nitrogens is 1. The summed E-state index contributed by atoms with van der Waals surface area (Å²) < 4.78 is 17.3. The third kappa shape index (κ3) is 7.66. The van der Waals surface area contributed by atoms with Crippen LogP contribution in [-0.4, -0.2) is 76.2 Å². The maximum atomic E-state index is 14.5. The summed E-state index contributed by atoms with van der Waals surface area (Å²) in [6, 6.07) is 3.33. The molecule has 1 aromatic carbocycles. The topological polar surface area (TPSA) is 136 Å². The number of pyridine rings is 1. The van der Waals surface area contributed by atoms with Crippen molar-refractivity contribution in [3.63, 3.8) is 0 Å². The van der Waals surface area contributed by atoms with Crippen LogP contribution in [0.2, 0.25) is 5.02 Å². The van der Waals surface area contributed by atoms with Crippen LogP contribution >= 0.6 is 11.6 Å². The van der Waals surface area contributed by atoms with Gasteiger partial charge in [-0.15, -0.1) is 6.58 Å². The van der Waals surface area contributed by atoms with E-state index in [0.29, 0.717) is 22.7 Å². The molecular formula is C35H47ClN4O7. The third-order valence-electron chi connectivity index (χ3n) is 8.68. The van der Waals surface area contributed by atoms with E-state index in [4.69, 9.17) is 25.8 Å². The number of rotatable bonds is 9. The molecule has 6 atom stereocenters. The maximum Gasteiger partial charge on any atom is 0.408 e. The second-order valence-corrected chi connectivity index (χ2v) is 15.0. The van der Waals surface area contributed by atoms with Crippen LogP contribution in [0.1, 0.15) is 67.4 Å². The van der Waals surface area contributed by atoms with E-state index in [1.807, 2.05) is 40.7 Å². The average molecular weight is 671 g/mol. The van der Waals surface area contributed by atoms with Crippen molar-refractivity contribution in [1.29, 1.82) is 0 Å². The van der Waals surface area contributed by atoms with Gasteiger partial charge in [0.25, 0.3) is 0 Å². The number of esters is 1. The van der Waals surface area contributed by atoms with Gasteiger partial charge in [0, 0.05) is 28.4 Å². The Hall–Kier alpha value is -3.86. The van der Waals surface area contributed by atoms with Crippen LogP contribution < -0.4 is 15.4 Å². The van der Waals surface area contributed by atoms with Crippen molar-refractivity contribution in [2.75, 3.05) is 13.2 Å². The molecule has 0 spiro atoms. The Morgan fingerprint density at radius 1 is 1.17 bits per heavy atom. The Morgan fingerprint density at radius 2 is 1.85 bits per heavy atom. The highest BCUT2D eigenvalue weighted by atomic mass is 35.5. The summed E-state index contributed by atoms with van der Waals surface area (Å²) in [6.45, 7) is 20.0. The fourth-order valence-electron chi connectivity index (χ4n) is 6.08. The molecule has 3 amide bonds. The first-order valence-corrected chi connectivity index (χ1v) is 16.3. The van der Waals surface area contributed by atoms with Gasteiger partial charge in [0.2, 0.25) is 17.7 Å². The standard InChI is InChI=1S/C35H47ClN4O7/c1-11-21-16-35(21,31(43)45-12-2)39-28(41)26-20(4)25(46-29-24-15-22(36)13-14-23(24)19(3)17-37-29)18-40(26)30(42)27(33(5,6)7)38-32(44)47-34(8,9)10/h11,13-15,17,20-21,25-27H,1,12,16,18H2,2-10H3,(H,38,44)(H,39,41). The number of likely N-dealkylation sites (tertiary alicyclic amines) is 1. The lowest BCUT2D eigenvalue weighted by Crippen LogP contribution is -2.60. The van der Waals surface area contributed by atoms with E-state index in [-0.39, 0.29) is 19.1 Å². The molecule has 1 aliphatic heterocycles. The second kappa shape index (κ2) is 13.3. The fourth-order valence-corrected chi connectivity index (χ4v) is 6.25. The van der Waals surface area contributed by atoms with E-state index in [1.165, 1.54) is 4.90 Å². The Labute approximate surface area is 281 Å². The predicted molar refractivity (Wildman–Crippen MR) is 179 cm³/mol. The lowest BCUT2D eigenvalue weighted by molar-refractivity contribution is -0.150. The number of carbonyl (C=O) groups excluding carboxylic acids is 4. The van der Waals surface area contributed by atoms with Crippen LogP contribution in [0.5, 0.6) is 5.88 Å². The Morgan fingerprint density at radius 3 is 2.43 bits per heavy atom. The molecule has 4 rings (SSSR count). The fraction of sp³-hybridized carbons (Fsp3) is 0.571. The summed E-state index contributed by atoms with van der Waals surface area (Å²) in [5, 5.41) is 7.76. The van der Waals surface area contributed by atoms with Crippen molar-refractivity contribution >= 4 is 46.3 Å². The van der Waals surface area contributed by atoms with Crippen LogP contribution in [0.15, 0.2) is 37.1 Å². The zero-order valence-corrected chi connectivity index (χ0v) is 29.5. The van der Waals surface area contributed by atoms with E-state index in [1.54, 1.807) is 52.1 Å². The monoisotopic (exact) mass is 670 g/mol. The molecular weight excluding hydrogens is 624 g/mol. The first-order valence-electron chi connectivity index (χ1n) is 16.0. The molecule has 0 bridgehead atoms. The summed E-state index contributed by atoms with van der Waals surface area (Å²) in [4.78, 5) is 60.6. The molecule has 12 heteroatoms. The highest BCUT2D eigenvalue weighted by Gasteiger charge is 2.62. The number of nitrogens with zero attached hydrogens (tertiary/aromatic N) is 2. The minimum absolute atomic E-state index is 0.00950. The summed E-state index contributed by atoms with van der Waals surface area (Å²) in [5.41, 5.74) is -1.89. The molecule has 1 saturated carbocycles. The molecule has 2 fully saturated rings. The molecule has 2 aromatic rings. The average Bonchev–Trinajstić information content (AvgIpc) is 3.58. The molecule has 1 saturated heterocycles. The molecule has 1 aromatic heterocycles. The Bertz CT molecular complexity index is 1570. The molecule has 256 valence electrons. The predicted octanol–water partition coefficient (Wildman–Crippen LogP) is 5.35. The molecule has 0 radical (unpaired) electrons. The van der Waals surface area contributed by atoms with E-state index < -0.39 is 64.5 Å². The lowest BCUT2D eigenvalue weighted by Gasteiger charge is -2.36. The lowest BCUT2D eigenvalue weighted by atomic mass is 9.85. The highest BCUT2D eigenvalue weighted by Crippen LogP contribution is 2.46. The quantitative estimate of drug-likeness (QED) is 0.269. The van der Waals surface area contributed by atoms with Crippen LogP contribution in [0.4, 0.5) is 4.79 Å². The molecule has 2 aliphatic rings. The Balaban J connectivity index is 1.72. The molecule has 6 unspecified atom stereocenters. The Kier molecular flexibility index (Phi) is 10.2. The van der Waals surface area contributed by atoms with Gasteiger partial charge in [0.1, 0.15) is 29.3 Å². The number of hydrogen-bond acceptors (Lipinski definition) is 8. The number of hydrogen-bond donors (Lipinski definition) is 2. The van der Waals surface area contributed by atoms with Crippen LogP contribution in [0.25, 0.3) is 10.8 Å². The van der Waals surface area contributed by atoms with Crippen molar-refractivity contribution < 1.29 is 33.4 Å². The van der Waals surface area contributed by atoms with Gasteiger partial charge in [-0.05, 0) is 69.5 Å². The molecule has 2 N–H and O–H groups in total. The van der Waals surface area contributed by atoms with Gasteiger partial charge < -0.3 is 29.7 Å². The van der Waals surface area contributed by atoms with Gasteiger partial charge in [-0.2, -0.15) is 0 Å². The zero-order chi connectivity index (χ0) is 35.1. The van der Waals surface area contributed by atoms with Crippen molar-refractivity contribution in [1.82, 2.24) is 20.5 Å². The first-order chi connectivity index (χ1) is 21.8. The number of nitrogens with one attached hydrogen (secondary N) is 2. The van der Waals surface area contributed by atoms with Crippen molar-refractivity contribution in [2.24, 2.45) is 17.3 Å². The molecule has 11 nitrogen and oxygen atoms in total. The normalized spacial score (nSPS) is 24.7. The first kappa shape index (κ1) is 36.0. The maximum absolute atomic E-state index is 14.5. The highest BCUT2D eigenvalue weighted by molar-refractivity contribution is 6.31. The number of carbonyl (C=O) groups is 4. The van der Waals surface area contributed by atoms with Gasteiger partial charge in [0.05, 0.1) is 13.2 Å². The van der Waals surface area contributed by atoms with E-state index in [9.17, 15) is 19.2 Å². The number of aryl methyl sites for hydroxylation is 1. The van der Waals surface area contributed by atoms with Gasteiger partial charge in [-0.1, -0.05) is 51.4 Å². The van der Waals surface area contributed by atoms with E-state index >= 15 is 0 Å². The number of amides is 3. The summed E-state index contributed by atoms with van der Waals surface area (Å²) in [7, 11) is 0. The molecule has 2 heterocycles. The number of fused-ring (bicyclic) bond motifs is 1. The van der Waals surface area contributed by atoms with Crippen molar-refractivity contribution in [3.05, 3.63) is 47.6 Å². The number of alkyl carbamates (subject to hydrolysis) is 1. The molecule has 1 aliphatic carbocycles. The summed E-state index contributed by atoms with van der Waals surface area (Å²) in [6.07, 6.45) is 2.21. The van der Waals surface area contributed by atoms with Crippen LogP contribution in [0, 0.1) is 24.2 Å². The van der Waals surface area contributed by atoms with E-state index in [0.717, 1.165) is 10.9 Å². The van der Waals surface area contributed by atoms with Gasteiger partial charge >= 0.3 is 12.1 Å². The minimum Gasteiger partial charge on any atom is -0.472 e. The minimum atomic E-state index is -1.27. The van der Waals surface area contributed by atoms with Crippen LogP contribution in [-0.2, 0) is 23.9 Å². The zero-order valence-electron chi connectivity index (χ0n) is 28.7. The van der Waals surface area contributed by atoms with Crippen molar-refractivity contribution in [3.8, 4) is 5.88 Å². The third-order valence-corrected chi connectivity index (χ3v) is 8.92. The summed E-state index contributed by atoms with van der Waals surface area (Å²) in [5.74, 6) is -2.15. The number of halogens is 1. The largest absolute Gasteiger partial charge is 0.472 e. The van der Waals surface area contributed by atoms with Crippen LogP contribution in [0.3, 0.4) is 0 Å². The summed E-state index contributed by atoms with van der Waals surface area (Å²) >= 11 is 6.34. The molecule has 47 heavy (non-hydrogen) atoms. The number of ether oxygens (including phenoxy) is 3. The second-order valence-electron chi connectivity index (χ2n) is 14.6. The van der Waals surface area contributed by atoms with Crippen molar-refractivity contribution in [2.45, 2.75) is 98.1 Å². The number of benzene rings is 1. The SMILES string of the molecule is C=CC1CC1(NC(=O)C1C(C)C(Oc2ncc(C)c3ccc(Cl)cc23)CN1C(=O)C(NC(=O)OC(C)(C)C)C(C)(C)C)C(=O)OCC. The van der Waals surface area contributed by atoms with E-state index in [2.05, 4.69) is 22.2 Å². The van der Waals surface area contributed by atoms with Gasteiger partial charge in [-0.25, -0.2) is 14.6 Å². The van der Waals surface area contributed by atoms with Gasteiger partial charge in [0.15, 0.2) is 0 Å².